The van der Waals surface area contributed by atoms with Gasteiger partial charge in [0.1, 0.15) is 19.3 Å². The van der Waals surface area contributed by atoms with E-state index in [4.69, 9.17) is 37.0 Å². The van der Waals surface area contributed by atoms with E-state index in [-0.39, 0.29) is 25.7 Å². The molecule has 0 aromatic carbocycles. The molecule has 103 heavy (non-hydrogen) atoms. The SMILES string of the molecule is CCCCCC/C=C\C=C/CCCCCCCC(=O)OC[C@H](COP(=O)(O)OC[C@@H](O)COP(=O)(O)OC[C@@H](COC(=O)CCCCCCCCCCCCCC)OC(=O)CCCCCCCCCCCCCCCC)OC(=O)CCCCCCCCCCCCCCCCCCCCCCCC. The normalized spacial score (nSPS) is 13.9. The Bertz CT molecular complexity index is 2040. The minimum absolute atomic E-state index is 0.103. The van der Waals surface area contributed by atoms with Crippen LogP contribution in [0.1, 0.15) is 432 Å². The van der Waals surface area contributed by atoms with Crippen LogP contribution in [0.4, 0.5) is 0 Å². The molecule has 0 aliphatic heterocycles. The molecule has 0 saturated heterocycles. The van der Waals surface area contributed by atoms with Crippen LogP contribution in [0.3, 0.4) is 0 Å². The van der Waals surface area contributed by atoms with Gasteiger partial charge in [0.25, 0.3) is 0 Å². The molecule has 0 aliphatic rings. The highest BCUT2D eigenvalue weighted by Crippen LogP contribution is 2.45. The molecule has 0 aromatic heterocycles. The van der Waals surface area contributed by atoms with Crippen LogP contribution in [-0.2, 0) is 65.4 Å². The van der Waals surface area contributed by atoms with Crippen molar-refractivity contribution >= 4 is 39.5 Å². The summed E-state index contributed by atoms with van der Waals surface area (Å²) in [7, 11) is -9.93. The van der Waals surface area contributed by atoms with Gasteiger partial charge in [-0.1, -0.05) is 379 Å². The average Bonchev–Trinajstić information content (AvgIpc) is 0.914. The summed E-state index contributed by atoms with van der Waals surface area (Å²) in [4.78, 5) is 73.1. The van der Waals surface area contributed by atoms with E-state index in [1.807, 2.05) is 0 Å². The number of hydrogen-bond donors (Lipinski definition) is 3. The van der Waals surface area contributed by atoms with E-state index in [1.165, 1.54) is 244 Å². The van der Waals surface area contributed by atoms with Crippen LogP contribution in [0, 0.1) is 0 Å². The van der Waals surface area contributed by atoms with Gasteiger partial charge in [0.15, 0.2) is 12.2 Å². The summed E-state index contributed by atoms with van der Waals surface area (Å²) < 4.78 is 68.8. The van der Waals surface area contributed by atoms with Crippen LogP contribution in [-0.4, -0.2) is 96.7 Å². The molecule has 0 amide bonds. The van der Waals surface area contributed by atoms with Crippen molar-refractivity contribution in [1.29, 1.82) is 0 Å². The average molecular weight is 1500 g/mol. The lowest BCUT2D eigenvalue weighted by atomic mass is 10.0. The summed E-state index contributed by atoms with van der Waals surface area (Å²) in [6.45, 7) is 4.98. The van der Waals surface area contributed by atoms with E-state index in [0.29, 0.717) is 25.7 Å². The molecule has 5 atom stereocenters. The highest BCUT2D eigenvalue weighted by Gasteiger charge is 2.30. The Balaban J connectivity index is 5.25. The first kappa shape index (κ1) is 101. The number of esters is 4. The van der Waals surface area contributed by atoms with Crippen LogP contribution >= 0.6 is 15.6 Å². The second kappa shape index (κ2) is 77.7. The highest BCUT2D eigenvalue weighted by molar-refractivity contribution is 7.47. The van der Waals surface area contributed by atoms with E-state index in [1.54, 1.807) is 0 Å². The topological polar surface area (TPSA) is 237 Å². The number of hydrogen-bond acceptors (Lipinski definition) is 15. The summed E-state index contributed by atoms with van der Waals surface area (Å²) in [5.74, 6) is -2.13. The summed E-state index contributed by atoms with van der Waals surface area (Å²) in [5, 5.41) is 10.7. The van der Waals surface area contributed by atoms with Crippen LogP contribution < -0.4 is 0 Å². The molecule has 0 aromatic rings. The Kier molecular flexibility index (Phi) is 75.8. The number of phosphoric acid groups is 2. The van der Waals surface area contributed by atoms with Gasteiger partial charge < -0.3 is 33.8 Å². The molecule has 0 bridgehead atoms. The van der Waals surface area contributed by atoms with Crippen molar-refractivity contribution in [2.45, 2.75) is 451 Å². The third kappa shape index (κ3) is 77.5. The molecule has 17 nitrogen and oxygen atoms in total. The minimum Gasteiger partial charge on any atom is -0.462 e. The standard InChI is InChI=1S/C84H160O17P2/c1-5-9-13-17-21-25-29-33-36-37-38-39-40-41-42-44-47-51-55-59-63-67-71-84(89)101-80(75-95-82(87)69-65-61-57-53-49-46-43-34-30-26-22-18-14-10-6-2)77-99-103(92,93)97-73-78(85)72-96-102(90,91)98-76-79(74-94-81(86)68-64-60-56-52-48-32-28-24-20-16-12-8-4)100-83(88)70-66-62-58-54-50-45-35-31-27-23-19-15-11-7-3/h26,30,34,43,78-80,85H,5-25,27-29,31-33,35-42,44-77H2,1-4H3,(H,90,91)(H,92,93)/b30-26-,43-34-/t78-,79+,80+/m0/s1. The fraction of sp³-hybridized carbons (Fsp3) is 0.905. The maximum atomic E-state index is 13.1. The number of aliphatic hydroxyl groups is 1. The van der Waals surface area contributed by atoms with Gasteiger partial charge in [-0.15, -0.1) is 0 Å². The Labute approximate surface area is 631 Å². The lowest BCUT2D eigenvalue weighted by molar-refractivity contribution is -0.161. The molecule has 19 heteroatoms. The number of carbonyl (C=O) groups is 4. The summed E-state index contributed by atoms with van der Waals surface area (Å²) in [6, 6.07) is 0. The summed E-state index contributed by atoms with van der Waals surface area (Å²) in [5.41, 5.74) is 0. The first-order valence-electron chi connectivity index (χ1n) is 43.1. The van der Waals surface area contributed by atoms with Crippen LogP contribution in [0.25, 0.3) is 0 Å². The number of unbranched alkanes of at least 4 members (excludes halogenated alkanes) is 54. The van der Waals surface area contributed by atoms with E-state index in [0.717, 1.165) is 109 Å². The highest BCUT2D eigenvalue weighted by atomic mass is 31.2. The number of carbonyl (C=O) groups excluding carboxylic acids is 4. The van der Waals surface area contributed by atoms with Gasteiger partial charge in [-0.05, 0) is 51.4 Å². The van der Waals surface area contributed by atoms with Crippen molar-refractivity contribution < 1.29 is 80.2 Å². The van der Waals surface area contributed by atoms with E-state index < -0.39 is 97.5 Å². The van der Waals surface area contributed by atoms with Gasteiger partial charge in [-0.3, -0.25) is 37.3 Å². The fourth-order valence-corrected chi connectivity index (χ4v) is 14.2. The Morgan fingerprint density at radius 1 is 0.272 bits per heavy atom. The maximum absolute atomic E-state index is 13.1. The monoisotopic (exact) mass is 1500 g/mol. The Morgan fingerprint density at radius 2 is 0.466 bits per heavy atom. The number of phosphoric ester groups is 2. The Morgan fingerprint density at radius 3 is 0.709 bits per heavy atom. The molecular formula is C84H160O17P2. The van der Waals surface area contributed by atoms with Gasteiger partial charge in [0.05, 0.1) is 26.4 Å². The molecule has 0 rings (SSSR count). The molecule has 0 radical (unpaired) electrons. The van der Waals surface area contributed by atoms with Crippen molar-refractivity contribution in [1.82, 2.24) is 0 Å². The largest absolute Gasteiger partial charge is 0.472 e. The molecule has 0 fully saturated rings. The number of aliphatic hydroxyl groups excluding tert-OH is 1. The maximum Gasteiger partial charge on any atom is 0.472 e. The molecule has 0 spiro atoms. The van der Waals surface area contributed by atoms with Crippen molar-refractivity contribution in [2.75, 3.05) is 39.6 Å². The zero-order valence-corrected chi connectivity index (χ0v) is 68.6. The van der Waals surface area contributed by atoms with Crippen molar-refractivity contribution in [2.24, 2.45) is 0 Å². The van der Waals surface area contributed by atoms with Crippen LogP contribution in [0.15, 0.2) is 24.3 Å². The smallest absolute Gasteiger partial charge is 0.462 e. The van der Waals surface area contributed by atoms with Crippen molar-refractivity contribution in [3.8, 4) is 0 Å². The molecule has 3 N–H and O–H groups in total. The fourth-order valence-electron chi connectivity index (χ4n) is 12.6. The van der Waals surface area contributed by atoms with E-state index in [9.17, 15) is 43.2 Å². The molecule has 0 heterocycles. The van der Waals surface area contributed by atoms with Crippen molar-refractivity contribution in [3.63, 3.8) is 0 Å². The minimum atomic E-state index is -4.97. The van der Waals surface area contributed by atoms with E-state index >= 15 is 0 Å². The van der Waals surface area contributed by atoms with Gasteiger partial charge in [0, 0.05) is 25.7 Å². The summed E-state index contributed by atoms with van der Waals surface area (Å²) >= 11 is 0. The lowest BCUT2D eigenvalue weighted by Gasteiger charge is -2.21. The third-order valence-corrected chi connectivity index (χ3v) is 21.1. The quantitative estimate of drug-likeness (QED) is 0.0169. The van der Waals surface area contributed by atoms with E-state index in [2.05, 4.69) is 52.0 Å². The molecular weight excluding hydrogens is 1340 g/mol. The molecule has 2 unspecified atom stereocenters. The predicted molar refractivity (Wildman–Crippen MR) is 423 cm³/mol. The second-order valence-corrected chi connectivity index (χ2v) is 32.4. The predicted octanol–water partition coefficient (Wildman–Crippen LogP) is 25.3. The van der Waals surface area contributed by atoms with Gasteiger partial charge in [-0.2, -0.15) is 0 Å². The van der Waals surface area contributed by atoms with Crippen LogP contribution in [0.5, 0.6) is 0 Å². The third-order valence-electron chi connectivity index (χ3n) is 19.2. The van der Waals surface area contributed by atoms with Gasteiger partial charge >= 0.3 is 39.5 Å². The van der Waals surface area contributed by atoms with Gasteiger partial charge in [-0.25, -0.2) is 9.13 Å². The van der Waals surface area contributed by atoms with Crippen LogP contribution in [0.2, 0.25) is 0 Å². The summed E-state index contributed by atoms with van der Waals surface area (Å²) in [6.07, 6.45) is 74.3. The number of rotatable bonds is 83. The van der Waals surface area contributed by atoms with Crippen molar-refractivity contribution in [3.05, 3.63) is 24.3 Å². The second-order valence-electron chi connectivity index (χ2n) is 29.5. The molecule has 608 valence electrons. The zero-order chi connectivity index (χ0) is 75.3. The number of allylic oxidation sites excluding steroid dienone is 4. The molecule has 0 aliphatic carbocycles. The first-order chi connectivity index (χ1) is 50.2. The number of ether oxygens (including phenoxy) is 4. The molecule has 0 saturated carbocycles. The Hall–Kier alpha value is -2.46. The zero-order valence-electron chi connectivity index (χ0n) is 66.8. The lowest BCUT2D eigenvalue weighted by Crippen LogP contribution is -2.30. The first-order valence-corrected chi connectivity index (χ1v) is 46.1. The van der Waals surface area contributed by atoms with Gasteiger partial charge in [0.2, 0.25) is 0 Å².